The van der Waals surface area contributed by atoms with Crippen LogP contribution >= 0.6 is 0 Å². The van der Waals surface area contributed by atoms with E-state index < -0.39 is 0 Å². The summed E-state index contributed by atoms with van der Waals surface area (Å²) in [6.45, 7) is 6.26. The van der Waals surface area contributed by atoms with Gasteiger partial charge in [0.15, 0.2) is 0 Å². The summed E-state index contributed by atoms with van der Waals surface area (Å²) < 4.78 is 16.5. The van der Waals surface area contributed by atoms with Crippen LogP contribution in [0.15, 0.2) is 22.6 Å². The van der Waals surface area contributed by atoms with E-state index in [1.54, 1.807) is 14.2 Å². The van der Waals surface area contributed by atoms with E-state index in [0.29, 0.717) is 5.75 Å². The molecule has 0 saturated carbocycles. The molecule has 2 aromatic rings. The van der Waals surface area contributed by atoms with Gasteiger partial charge in [-0.25, -0.2) is 0 Å². The molecule has 0 fully saturated rings. The summed E-state index contributed by atoms with van der Waals surface area (Å²) >= 11 is 0. The Kier molecular flexibility index (Phi) is 3.45. The minimum atomic E-state index is -0.171. The lowest BCUT2D eigenvalue weighted by Crippen LogP contribution is -2.25. The monoisotopic (exact) mass is 263 g/mol. The molecule has 0 aliphatic heterocycles. The first-order valence-electron chi connectivity index (χ1n) is 6.28. The van der Waals surface area contributed by atoms with Crippen molar-refractivity contribution in [3.63, 3.8) is 0 Å². The van der Waals surface area contributed by atoms with Gasteiger partial charge in [0.1, 0.15) is 22.8 Å². The Morgan fingerprint density at radius 2 is 1.79 bits per heavy atom. The van der Waals surface area contributed by atoms with Crippen LogP contribution in [0.1, 0.15) is 32.6 Å². The molecule has 104 valence electrons. The fourth-order valence-electron chi connectivity index (χ4n) is 1.97. The van der Waals surface area contributed by atoms with Crippen LogP contribution in [0.2, 0.25) is 0 Å². The van der Waals surface area contributed by atoms with E-state index in [1.807, 2.05) is 18.2 Å². The normalized spacial score (nSPS) is 13.6. The first-order valence-corrected chi connectivity index (χ1v) is 6.28. The van der Waals surface area contributed by atoms with Crippen LogP contribution in [0, 0.1) is 5.41 Å². The van der Waals surface area contributed by atoms with Gasteiger partial charge in [0, 0.05) is 12.1 Å². The highest BCUT2D eigenvalue weighted by Crippen LogP contribution is 2.38. The Balaban J connectivity index is 2.56. The summed E-state index contributed by atoms with van der Waals surface area (Å²) in [5.74, 6) is 2.19. The molecule has 0 radical (unpaired) electrons. The van der Waals surface area contributed by atoms with Crippen LogP contribution in [0.5, 0.6) is 11.5 Å². The molecule has 1 atom stereocenters. The van der Waals surface area contributed by atoms with Gasteiger partial charge in [-0.15, -0.1) is 0 Å². The molecule has 1 aromatic carbocycles. The van der Waals surface area contributed by atoms with Gasteiger partial charge in [0.05, 0.1) is 25.6 Å². The Hall–Kier alpha value is -1.68. The highest BCUT2D eigenvalue weighted by molar-refractivity contribution is 5.86. The van der Waals surface area contributed by atoms with Crippen molar-refractivity contribution in [1.82, 2.24) is 0 Å². The second-order valence-corrected chi connectivity index (χ2v) is 5.73. The third-order valence-corrected chi connectivity index (χ3v) is 3.29. The summed E-state index contributed by atoms with van der Waals surface area (Å²) in [6, 6.07) is 5.46. The number of rotatable bonds is 3. The number of ether oxygens (including phenoxy) is 2. The first kappa shape index (κ1) is 13.7. The van der Waals surface area contributed by atoms with Gasteiger partial charge in [-0.1, -0.05) is 20.8 Å². The quantitative estimate of drug-likeness (QED) is 0.920. The van der Waals surface area contributed by atoms with Crippen molar-refractivity contribution in [3.05, 3.63) is 24.0 Å². The highest BCUT2D eigenvalue weighted by Gasteiger charge is 2.26. The van der Waals surface area contributed by atoms with Crippen LogP contribution in [-0.2, 0) is 0 Å². The van der Waals surface area contributed by atoms with Gasteiger partial charge >= 0.3 is 0 Å². The Morgan fingerprint density at radius 1 is 1.11 bits per heavy atom. The van der Waals surface area contributed by atoms with Crippen molar-refractivity contribution in [3.8, 4) is 11.5 Å². The fourth-order valence-corrected chi connectivity index (χ4v) is 1.97. The van der Waals surface area contributed by atoms with Crippen molar-refractivity contribution in [2.45, 2.75) is 26.8 Å². The van der Waals surface area contributed by atoms with E-state index in [-0.39, 0.29) is 11.5 Å². The average Bonchev–Trinajstić information content (AvgIpc) is 2.78. The van der Waals surface area contributed by atoms with E-state index in [2.05, 4.69) is 20.8 Å². The molecule has 19 heavy (non-hydrogen) atoms. The molecular formula is C15H21NO3. The van der Waals surface area contributed by atoms with Gasteiger partial charge in [-0.3, -0.25) is 0 Å². The molecule has 0 aliphatic carbocycles. The molecule has 2 rings (SSSR count). The molecule has 4 heteroatoms. The molecule has 0 bridgehead atoms. The standard InChI is InChI=1S/C15H21NO3/c1-15(2,3)14(16)13-8-10-11(18-5)6-9(17-4)7-12(10)19-13/h6-8,14H,16H2,1-5H3. The zero-order valence-electron chi connectivity index (χ0n) is 12.1. The van der Waals surface area contributed by atoms with E-state index in [1.165, 1.54) is 0 Å². The third-order valence-electron chi connectivity index (χ3n) is 3.29. The van der Waals surface area contributed by atoms with E-state index in [9.17, 15) is 0 Å². The molecule has 1 unspecified atom stereocenters. The SMILES string of the molecule is COc1cc(OC)c2cc(C(N)C(C)(C)C)oc2c1. The number of hydrogen-bond donors (Lipinski definition) is 1. The summed E-state index contributed by atoms with van der Waals surface area (Å²) in [5, 5.41) is 0.915. The molecule has 4 nitrogen and oxygen atoms in total. The minimum Gasteiger partial charge on any atom is -0.496 e. The third kappa shape index (κ3) is 2.54. The summed E-state index contributed by atoms with van der Waals surface area (Å²) in [5.41, 5.74) is 6.90. The molecule has 0 spiro atoms. The molecule has 0 aliphatic rings. The molecule has 1 heterocycles. The maximum absolute atomic E-state index is 6.23. The summed E-state index contributed by atoms with van der Waals surface area (Å²) in [4.78, 5) is 0. The summed E-state index contributed by atoms with van der Waals surface area (Å²) in [6.07, 6.45) is 0. The van der Waals surface area contributed by atoms with Crippen molar-refractivity contribution >= 4 is 11.0 Å². The number of fused-ring (bicyclic) bond motifs is 1. The van der Waals surface area contributed by atoms with Crippen molar-refractivity contribution in [2.75, 3.05) is 14.2 Å². The largest absolute Gasteiger partial charge is 0.496 e. The zero-order chi connectivity index (χ0) is 14.2. The Morgan fingerprint density at radius 3 is 2.32 bits per heavy atom. The maximum atomic E-state index is 6.23. The van der Waals surface area contributed by atoms with Crippen molar-refractivity contribution in [1.29, 1.82) is 0 Å². The molecule has 0 saturated heterocycles. The first-order chi connectivity index (χ1) is 8.86. The van der Waals surface area contributed by atoms with Crippen molar-refractivity contribution in [2.24, 2.45) is 11.1 Å². The van der Waals surface area contributed by atoms with Crippen molar-refractivity contribution < 1.29 is 13.9 Å². The van der Waals surface area contributed by atoms with Crippen LogP contribution in [0.3, 0.4) is 0 Å². The average molecular weight is 263 g/mol. The Labute approximate surface area is 113 Å². The van der Waals surface area contributed by atoms with Crippen LogP contribution in [0.4, 0.5) is 0 Å². The van der Waals surface area contributed by atoms with Gasteiger partial charge in [-0.05, 0) is 11.5 Å². The van der Waals surface area contributed by atoms with E-state index in [0.717, 1.165) is 22.5 Å². The zero-order valence-corrected chi connectivity index (χ0v) is 12.1. The Bertz CT molecular complexity index is 581. The molecule has 1 aromatic heterocycles. The van der Waals surface area contributed by atoms with Gasteiger partial charge < -0.3 is 19.6 Å². The van der Waals surface area contributed by atoms with Gasteiger partial charge in [0.2, 0.25) is 0 Å². The lowest BCUT2D eigenvalue weighted by molar-refractivity contribution is 0.290. The smallest absolute Gasteiger partial charge is 0.141 e. The number of hydrogen-bond acceptors (Lipinski definition) is 4. The van der Waals surface area contributed by atoms with Gasteiger partial charge in [-0.2, -0.15) is 0 Å². The highest BCUT2D eigenvalue weighted by atomic mass is 16.5. The number of nitrogens with two attached hydrogens (primary N) is 1. The fraction of sp³-hybridized carbons (Fsp3) is 0.467. The predicted octanol–water partition coefficient (Wildman–Crippen LogP) is 3.50. The van der Waals surface area contributed by atoms with E-state index >= 15 is 0 Å². The topological polar surface area (TPSA) is 57.6 Å². The number of furan rings is 1. The molecular weight excluding hydrogens is 242 g/mol. The number of benzene rings is 1. The summed E-state index contributed by atoms with van der Waals surface area (Å²) in [7, 11) is 3.25. The molecule has 2 N–H and O–H groups in total. The second kappa shape index (κ2) is 4.78. The lowest BCUT2D eigenvalue weighted by Gasteiger charge is -2.24. The predicted molar refractivity (Wildman–Crippen MR) is 75.7 cm³/mol. The second-order valence-electron chi connectivity index (χ2n) is 5.73. The molecule has 0 amide bonds. The van der Waals surface area contributed by atoms with E-state index in [4.69, 9.17) is 19.6 Å². The van der Waals surface area contributed by atoms with Crippen LogP contribution in [0.25, 0.3) is 11.0 Å². The maximum Gasteiger partial charge on any atom is 0.141 e. The number of methoxy groups -OCH3 is 2. The van der Waals surface area contributed by atoms with Crippen LogP contribution in [-0.4, -0.2) is 14.2 Å². The van der Waals surface area contributed by atoms with Crippen LogP contribution < -0.4 is 15.2 Å². The lowest BCUT2D eigenvalue weighted by atomic mass is 9.86. The van der Waals surface area contributed by atoms with Gasteiger partial charge in [0.25, 0.3) is 0 Å². The minimum absolute atomic E-state index is 0.0643.